The van der Waals surface area contributed by atoms with E-state index in [-0.39, 0.29) is 17.3 Å². The Balaban J connectivity index is 1.55. The Hall–Kier alpha value is -2.42. The van der Waals surface area contributed by atoms with Crippen LogP contribution in [0.1, 0.15) is 9.67 Å². The Labute approximate surface area is 184 Å². The summed E-state index contributed by atoms with van der Waals surface area (Å²) in [6, 6.07) is 15.3. The van der Waals surface area contributed by atoms with Crippen molar-refractivity contribution in [1.82, 2.24) is 14.8 Å². The number of halogens is 1. The number of thiophene rings is 1. The van der Waals surface area contributed by atoms with Gasteiger partial charge in [-0.25, -0.2) is 9.67 Å². The maximum atomic E-state index is 12.7. The molecule has 5 nitrogen and oxygen atoms in total. The lowest BCUT2D eigenvalue weighted by Gasteiger charge is -2.02. The standard InChI is InChI=1S/C21H16BrN3O2S2/c1-2-11-25-20(13-7-9-14(22)10-8-13)23-21(24-25)28-12-16(26)19-18(27)15-5-3-4-6-17(15)29-19/h2-10,27H,1,11-12H2. The van der Waals surface area contributed by atoms with Gasteiger partial charge < -0.3 is 5.11 Å². The predicted molar refractivity (Wildman–Crippen MR) is 122 cm³/mol. The van der Waals surface area contributed by atoms with Gasteiger partial charge in [-0.3, -0.25) is 4.79 Å². The molecule has 0 aliphatic rings. The third kappa shape index (κ3) is 4.14. The van der Waals surface area contributed by atoms with Crippen LogP contribution in [0.5, 0.6) is 5.75 Å². The largest absolute Gasteiger partial charge is 0.506 e. The Kier molecular flexibility index (Phi) is 5.84. The Bertz CT molecular complexity index is 1200. The van der Waals surface area contributed by atoms with Crippen LogP contribution in [0.3, 0.4) is 0 Å². The first-order valence-corrected chi connectivity index (χ1v) is 11.3. The van der Waals surface area contributed by atoms with Crippen molar-refractivity contribution in [1.29, 1.82) is 0 Å². The van der Waals surface area contributed by atoms with Crippen molar-refractivity contribution in [2.75, 3.05) is 5.75 Å². The molecular formula is C21H16BrN3O2S2. The number of benzene rings is 2. The van der Waals surface area contributed by atoms with Crippen LogP contribution in [-0.2, 0) is 6.54 Å². The van der Waals surface area contributed by atoms with Gasteiger partial charge in [0.05, 0.1) is 12.3 Å². The summed E-state index contributed by atoms with van der Waals surface area (Å²) in [4.78, 5) is 17.7. The summed E-state index contributed by atoms with van der Waals surface area (Å²) in [7, 11) is 0. The van der Waals surface area contributed by atoms with E-state index in [4.69, 9.17) is 0 Å². The lowest BCUT2D eigenvalue weighted by Crippen LogP contribution is -2.01. The van der Waals surface area contributed by atoms with Gasteiger partial charge in [0, 0.05) is 20.1 Å². The molecule has 0 atom stereocenters. The highest BCUT2D eigenvalue weighted by Gasteiger charge is 2.19. The number of allylic oxidation sites excluding steroid dienone is 1. The second-order valence-electron chi connectivity index (χ2n) is 6.18. The average Bonchev–Trinajstić information content (AvgIpc) is 3.29. The zero-order valence-electron chi connectivity index (χ0n) is 15.2. The zero-order valence-corrected chi connectivity index (χ0v) is 18.4. The summed E-state index contributed by atoms with van der Waals surface area (Å²) >= 11 is 6.00. The molecule has 0 spiro atoms. The Morgan fingerprint density at radius 2 is 2.00 bits per heavy atom. The predicted octanol–water partition coefficient (Wildman–Crippen LogP) is 5.79. The van der Waals surface area contributed by atoms with Crippen LogP contribution in [-0.4, -0.2) is 31.4 Å². The molecule has 0 unspecified atom stereocenters. The summed E-state index contributed by atoms with van der Waals surface area (Å²) < 4.78 is 3.64. The van der Waals surface area contributed by atoms with Crippen molar-refractivity contribution in [3.8, 4) is 17.1 Å². The number of ketones is 1. The van der Waals surface area contributed by atoms with Crippen LogP contribution in [0.2, 0.25) is 0 Å². The van der Waals surface area contributed by atoms with Crippen molar-refractivity contribution in [2.45, 2.75) is 11.7 Å². The summed E-state index contributed by atoms with van der Waals surface area (Å²) in [5.74, 6) is 0.783. The minimum absolute atomic E-state index is 0.0527. The zero-order chi connectivity index (χ0) is 20.4. The van der Waals surface area contributed by atoms with E-state index in [0.717, 1.165) is 20.6 Å². The summed E-state index contributed by atoms with van der Waals surface area (Å²) in [5, 5.41) is 16.1. The molecule has 2 aromatic carbocycles. The summed E-state index contributed by atoms with van der Waals surface area (Å²) in [6.07, 6.45) is 1.76. The average molecular weight is 486 g/mol. The quantitative estimate of drug-likeness (QED) is 0.204. The van der Waals surface area contributed by atoms with Crippen LogP contribution in [0.4, 0.5) is 0 Å². The van der Waals surface area contributed by atoms with Gasteiger partial charge in [-0.2, -0.15) is 0 Å². The number of aromatic nitrogens is 3. The molecule has 1 N–H and O–H groups in total. The molecule has 0 bridgehead atoms. The van der Waals surface area contributed by atoms with Crippen molar-refractivity contribution < 1.29 is 9.90 Å². The topological polar surface area (TPSA) is 68.0 Å². The highest BCUT2D eigenvalue weighted by Crippen LogP contribution is 2.37. The number of thioether (sulfide) groups is 1. The molecule has 29 heavy (non-hydrogen) atoms. The van der Waals surface area contributed by atoms with Crippen LogP contribution < -0.4 is 0 Å². The molecule has 4 rings (SSSR count). The van der Waals surface area contributed by atoms with Crippen LogP contribution in [0.25, 0.3) is 21.5 Å². The molecular weight excluding hydrogens is 470 g/mol. The van der Waals surface area contributed by atoms with E-state index in [1.807, 2.05) is 48.5 Å². The molecule has 2 heterocycles. The van der Waals surface area contributed by atoms with E-state index >= 15 is 0 Å². The fourth-order valence-corrected chi connectivity index (χ4v) is 4.96. The maximum Gasteiger partial charge on any atom is 0.209 e. The molecule has 0 aliphatic heterocycles. The summed E-state index contributed by atoms with van der Waals surface area (Å²) in [6.45, 7) is 4.29. The SMILES string of the molecule is C=CCn1nc(SCC(=O)c2sc3ccccc3c2O)nc1-c1ccc(Br)cc1. The highest BCUT2D eigenvalue weighted by atomic mass is 79.9. The first-order valence-electron chi connectivity index (χ1n) is 8.75. The number of carbonyl (C=O) groups excluding carboxylic acids is 1. The van der Waals surface area contributed by atoms with Gasteiger partial charge in [0.15, 0.2) is 11.6 Å². The number of carbonyl (C=O) groups is 1. The van der Waals surface area contributed by atoms with Gasteiger partial charge in [0.2, 0.25) is 5.16 Å². The van der Waals surface area contributed by atoms with E-state index in [1.165, 1.54) is 23.1 Å². The normalized spacial score (nSPS) is 11.1. The smallest absolute Gasteiger partial charge is 0.209 e. The third-order valence-electron chi connectivity index (χ3n) is 4.21. The van der Waals surface area contributed by atoms with Gasteiger partial charge >= 0.3 is 0 Å². The van der Waals surface area contributed by atoms with Crippen molar-refractivity contribution in [3.63, 3.8) is 0 Å². The minimum atomic E-state index is -0.140. The number of fused-ring (bicyclic) bond motifs is 1. The molecule has 0 aliphatic carbocycles. The van der Waals surface area contributed by atoms with Crippen molar-refractivity contribution in [3.05, 3.63) is 70.5 Å². The van der Waals surface area contributed by atoms with E-state index in [1.54, 1.807) is 10.8 Å². The van der Waals surface area contributed by atoms with Gasteiger partial charge in [0.1, 0.15) is 10.6 Å². The lowest BCUT2D eigenvalue weighted by atomic mass is 10.2. The van der Waals surface area contributed by atoms with E-state index < -0.39 is 0 Å². The molecule has 0 saturated carbocycles. The van der Waals surface area contributed by atoms with E-state index in [9.17, 15) is 9.90 Å². The second-order valence-corrected chi connectivity index (χ2v) is 9.09. The Morgan fingerprint density at radius 3 is 2.72 bits per heavy atom. The summed E-state index contributed by atoms with van der Waals surface area (Å²) in [5.41, 5.74) is 0.933. The molecule has 0 amide bonds. The van der Waals surface area contributed by atoms with Crippen molar-refractivity contribution >= 4 is 54.9 Å². The van der Waals surface area contributed by atoms with Gasteiger partial charge in [-0.05, 0) is 24.3 Å². The first kappa shape index (κ1) is 19.9. The first-order chi connectivity index (χ1) is 14.1. The van der Waals surface area contributed by atoms with Crippen LogP contribution >= 0.6 is 39.0 Å². The third-order valence-corrected chi connectivity index (χ3v) is 6.78. The number of aromatic hydroxyl groups is 1. The molecule has 0 fully saturated rings. The van der Waals surface area contributed by atoms with Crippen molar-refractivity contribution in [2.24, 2.45) is 0 Å². The molecule has 0 radical (unpaired) electrons. The Morgan fingerprint density at radius 1 is 1.24 bits per heavy atom. The fourth-order valence-electron chi connectivity index (χ4n) is 2.86. The fraction of sp³-hybridized carbons (Fsp3) is 0.0952. The molecule has 8 heteroatoms. The lowest BCUT2D eigenvalue weighted by molar-refractivity contribution is 0.102. The highest BCUT2D eigenvalue weighted by molar-refractivity contribution is 9.10. The monoisotopic (exact) mass is 485 g/mol. The minimum Gasteiger partial charge on any atom is -0.506 e. The van der Waals surface area contributed by atoms with E-state index in [2.05, 4.69) is 32.6 Å². The van der Waals surface area contributed by atoms with Crippen LogP contribution in [0.15, 0.2) is 70.8 Å². The maximum absolute atomic E-state index is 12.7. The van der Waals surface area contributed by atoms with Crippen LogP contribution in [0, 0.1) is 0 Å². The number of nitrogens with zero attached hydrogens (tertiary/aromatic N) is 3. The van der Waals surface area contributed by atoms with E-state index in [0.29, 0.717) is 22.0 Å². The number of hydrogen-bond donors (Lipinski definition) is 1. The molecule has 0 saturated heterocycles. The number of rotatable bonds is 7. The number of hydrogen-bond acceptors (Lipinski definition) is 6. The molecule has 4 aromatic rings. The molecule has 2 aromatic heterocycles. The van der Waals surface area contributed by atoms with Gasteiger partial charge in [0.25, 0.3) is 0 Å². The number of Topliss-reactive ketones (excluding diaryl/α,β-unsaturated/α-hetero) is 1. The molecule has 146 valence electrons. The second kappa shape index (κ2) is 8.52. The van der Waals surface area contributed by atoms with Gasteiger partial charge in [-0.1, -0.05) is 58.0 Å². The van der Waals surface area contributed by atoms with Gasteiger partial charge in [-0.15, -0.1) is 23.0 Å².